The summed E-state index contributed by atoms with van der Waals surface area (Å²) in [6, 6.07) is 0. The Kier molecular flexibility index (Phi) is 2.36. The molecule has 0 aliphatic heterocycles. The van der Waals surface area contributed by atoms with Gasteiger partial charge in [-0.1, -0.05) is 6.92 Å². The molecule has 0 unspecified atom stereocenters. The van der Waals surface area contributed by atoms with Gasteiger partial charge in [0.2, 0.25) is 0 Å². The second-order valence-electron chi connectivity index (χ2n) is 2.89. The lowest BCUT2D eigenvalue weighted by Crippen LogP contribution is -2.09. The molecule has 0 aliphatic carbocycles. The van der Waals surface area contributed by atoms with Crippen LogP contribution < -0.4 is 0 Å². The third-order valence-electron chi connectivity index (χ3n) is 2.08. The maximum absolute atomic E-state index is 12.4. The molecule has 0 saturated heterocycles. The molecule has 0 aromatic carbocycles. The predicted molar refractivity (Wildman–Crippen MR) is 42.3 cm³/mol. The Balaban J connectivity index is 3.30. The van der Waals surface area contributed by atoms with E-state index in [1.807, 2.05) is 0 Å². The van der Waals surface area contributed by atoms with E-state index < -0.39 is 11.9 Å². The van der Waals surface area contributed by atoms with Crippen molar-refractivity contribution in [1.82, 2.24) is 9.78 Å². The number of alkyl halides is 3. The first-order valence-electron chi connectivity index (χ1n) is 3.97. The normalized spacial score (nSPS) is 12.2. The summed E-state index contributed by atoms with van der Waals surface area (Å²) in [6.07, 6.45) is -3.98. The van der Waals surface area contributed by atoms with Gasteiger partial charge in [0.15, 0.2) is 5.69 Å². The summed E-state index contributed by atoms with van der Waals surface area (Å²) in [5.41, 5.74) is 0.111. The molecule has 2 nitrogen and oxygen atoms in total. The van der Waals surface area contributed by atoms with Gasteiger partial charge < -0.3 is 0 Å². The summed E-state index contributed by atoms with van der Waals surface area (Å²) in [5.74, 6) is 0. The zero-order chi connectivity index (χ0) is 10.2. The number of rotatable bonds is 1. The minimum atomic E-state index is -4.34. The Labute approximate surface area is 74.4 Å². The van der Waals surface area contributed by atoms with Crippen molar-refractivity contribution in [3.63, 3.8) is 0 Å². The predicted octanol–water partition coefficient (Wildman–Crippen LogP) is 2.31. The Bertz CT molecular complexity index is 312. The highest BCUT2D eigenvalue weighted by Gasteiger charge is 2.37. The fourth-order valence-electron chi connectivity index (χ4n) is 1.30. The lowest BCUT2D eigenvalue weighted by atomic mass is 10.1. The van der Waals surface area contributed by atoms with Gasteiger partial charge in [-0.2, -0.15) is 18.3 Å². The minimum absolute atomic E-state index is 0.287. The van der Waals surface area contributed by atoms with Crippen molar-refractivity contribution < 1.29 is 13.2 Å². The summed E-state index contributed by atoms with van der Waals surface area (Å²) in [4.78, 5) is 0. The van der Waals surface area contributed by atoms with Crippen molar-refractivity contribution in [2.24, 2.45) is 7.05 Å². The molecule has 0 bridgehead atoms. The quantitative estimate of drug-likeness (QED) is 0.667. The molecule has 0 spiro atoms. The summed E-state index contributed by atoms with van der Waals surface area (Å²) < 4.78 is 38.3. The fourth-order valence-corrected chi connectivity index (χ4v) is 1.30. The van der Waals surface area contributed by atoms with Crippen LogP contribution >= 0.6 is 0 Å². The van der Waals surface area contributed by atoms with Gasteiger partial charge in [-0.05, 0) is 13.3 Å². The topological polar surface area (TPSA) is 17.8 Å². The van der Waals surface area contributed by atoms with Crippen LogP contribution in [0.25, 0.3) is 0 Å². The van der Waals surface area contributed by atoms with Gasteiger partial charge in [0.25, 0.3) is 0 Å². The molecule has 0 atom stereocenters. The first-order valence-corrected chi connectivity index (χ1v) is 3.97. The molecule has 0 amide bonds. The average molecular weight is 192 g/mol. The Morgan fingerprint density at radius 1 is 1.38 bits per heavy atom. The molecule has 0 fully saturated rings. The molecule has 1 heterocycles. The molecule has 13 heavy (non-hydrogen) atoms. The van der Waals surface area contributed by atoms with Gasteiger partial charge in [0, 0.05) is 18.3 Å². The molecule has 74 valence electrons. The molecule has 0 saturated carbocycles. The van der Waals surface area contributed by atoms with E-state index in [2.05, 4.69) is 5.10 Å². The van der Waals surface area contributed by atoms with Crippen LogP contribution in [0, 0.1) is 6.92 Å². The van der Waals surface area contributed by atoms with Gasteiger partial charge >= 0.3 is 6.18 Å². The van der Waals surface area contributed by atoms with Crippen LogP contribution in [0.2, 0.25) is 0 Å². The molecule has 0 radical (unpaired) electrons. The lowest BCUT2D eigenvalue weighted by Gasteiger charge is -2.04. The van der Waals surface area contributed by atoms with Gasteiger partial charge in [-0.15, -0.1) is 0 Å². The van der Waals surface area contributed by atoms with Crippen molar-refractivity contribution in [3.05, 3.63) is 17.0 Å². The molecule has 1 aromatic heterocycles. The summed E-state index contributed by atoms with van der Waals surface area (Å²) in [5, 5.41) is 3.44. The van der Waals surface area contributed by atoms with Gasteiger partial charge in [0.05, 0.1) is 0 Å². The van der Waals surface area contributed by atoms with Crippen molar-refractivity contribution >= 4 is 0 Å². The van der Waals surface area contributed by atoms with Crippen LogP contribution in [0.5, 0.6) is 0 Å². The number of aromatic nitrogens is 2. The second kappa shape index (κ2) is 3.05. The third-order valence-corrected chi connectivity index (χ3v) is 2.08. The standard InChI is InChI=1S/C8H11F3N2/c1-4-6-5(2)13(3)12-7(6)8(9,10)11/h4H2,1-3H3. The average Bonchev–Trinajstić information content (AvgIpc) is 2.28. The summed E-state index contributed by atoms with van der Waals surface area (Å²) in [6.45, 7) is 3.33. The molecule has 1 rings (SSSR count). The molecule has 0 N–H and O–H groups in total. The molecule has 5 heteroatoms. The number of halogens is 3. The van der Waals surface area contributed by atoms with Crippen molar-refractivity contribution in [1.29, 1.82) is 0 Å². The van der Waals surface area contributed by atoms with Crippen LogP contribution in [0.4, 0.5) is 13.2 Å². The van der Waals surface area contributed by atoms with Gasteiger partial charge in [-0.25, -0.2) is 0 Å². The van der Waals surface area contributed by atoms with Gasteiger partial charge in [0.1, 0.15) is 0 Å². The summed E-state index contributed by atoms with van der Waals surface area (Å²) in [7, 11) is 1.52. The Morgan fingerprint density at radius 2 is 1.92 bits per heavy atom. The van der Waals surface area contributed by atoms with E-state index in [1.165, 1.54) is 11.7 Å². The zero-order valence-electron chi connectivity index (χ0n) is 7.74. The smallest absolute Gasteiger partial charge is 0.272 e. The number of nitrogens with zero attached hydrogens (tertiary/aromatic N) is 2. The van der Waals surface area contributed by atoms with E-state index in [9.17, 15) is 13.2 Å². The summed E-state index contributed by atoms with van der Waals surface area (Å²) >= 11 is 0. The highest BCUT2D eigenvalue weighted by atomic mass is 19.4. The van der Waals surface area contributed by atoms with Crippen LogP contribution in [0.15, 0.2) is 0 Å². The highest BCUT2D eigenvalue weighted by Crippen LogP contribution is 2.32. The van der Waals surface area contributed by atoms with Crippen LogP contribution in [-0.4, -0.2) is 9.78 Å². The number of hydrogen-bond acceptors (Lipinski definition) is 1. The van der Waals surface area contributed by atoms with Crippen LogP contribution in [0.3, 0.4) is 0 Å². The van der Waals surface area contributed by atoms with Crippen molar-refractivity contribution in [2.75, 3.05) is 0 Å². The maximum atomic E-state index is 12.4. The minimum Gasteiger partial charge on any atom is -0.272 e. The first-order chi connectivity index (χ1) is 5.88. The Hall–Kier alpha value is -1.00. The molecular formula is C8H11F3N2. The van der Waals surface area contributed by atoms with E-state index in [0.29, 0.717) is 12.1 Å². The monoisotopic (exact) mass is 192 g/mol. The molecule has 1 aromatic rings. The van der Waals surface area contributed by atoms with E-state index in [1.54, 1.807) is 13.8 Å². The van der Waals surface area contributed by atoms with Crippen molar-refractivity contribution in [2.45, 2.75) is 26.4 Å². The fraction of sp³-hybridized carbons (Fsp3) is 0.625. The third kappa shape index (κ3) is 1.68. The van der Waals surface area contributed by atoms with E-state index in [4.69, 9.17) is 0 Å². The van der Waals surface area contributed by atoms with Crippen LogP contribution in [-0.2, 0) is 19.6 Å². The number of hydrogen-bond donors (Lipinski definition) is 0. The van der Waals surface area contributed by atoms with Gasteiger partial charge in [-0.3, -0.25) is 4.68 Å². The molecule has 0 aliphatic rings. The highest BCUT2D eigenvalue weighted by molar-refractivity contribution is 5.27. The number of aryl methyl sites for hydroxylation is 1. The Morgan fingerprint density at radius 3 is 2.23 bits per heavy atom. The van der Waals surface area contributed by atoms with Crippen LogP contribution in [0.1, 0.15) is 23.9 Å². The lowest BCUT2D eigenvalue weighted by molar-refractivity contribution is -0.142. The SMILES string of the molecule is CCc1c(C(F)(F)F)nn(C)c1C. The van der Waals surface area contributed by atoms with E-state index in [0.717, 1.165) is 0 Å². The second-order valence-corrected chi connectivity index (χ2v) is 2.89. The van der Waals surface area contributed by atoms with E-state index >= 15 is 0 Å². The first kappa shape index (κ1) is 10.1. The molecular weight excluding hydrogens is 181 g/mol. The maximum Gasteiger partial charge on any atom is 0.435 e. The van der Waals surface area contributed by atoms with E-state index in [-0.39, 0.29) is 5.56 Å². The zero-order valence-corrected chi connectivity index (χ0v) is 7.74. The van der Waals surface area contributed by atoms with Crippen molar-refractivity contribution in [3.8, 4) is 0 Å². The largest absolute Gasteiger partial charge is 0.435 e.